The Balaban J connectivity index is 1.63. The number of amides is 2. The van der Waals surface area contributed by atoms with Crippen LogP contribution in [-0.4, -0.2) is 53.0 Å². The highest BCUT2D eigenvalue weighted by atomic mass is 16.5. The maximum atomic E-state index is 13.0. The highest BCUT2D eigenvalue weighted by molar-refractivity contribution is 6.14. The molecule has 0 aliphatic carbocycles. The highest BCUT2D eigenvalue weighted by Gasteiger charge is 2.20. The van der Waals surface area contributed by atoms with Crippen LogP contribution in [0.2, 0.25) is 0 Å². The monoisotopic (exact) mass is 414 g/mol. The molecule has 7 heteroatoms. The van der Waals surface area contributed by atoms with E-state index in [9.17, 15) is 9.59 Å². The molecule has 31 heavy (non-hydrogen) atoms. The molecule has 156 valence electrons. The van der Waals surface area contributed by atoms with Gasteiger partial charge < -0.3 is 20.4 Å². The van der Waals surface area contributed by atoms with Crippen LogP contribution in [0.1, 0.15) is 27.1 Å². The van der Waals surface area contributed by atoms with Crippen LogP contribution in [0.5, 0.6) is 0 Å². The van der Waals surface area contributed by atoms with Crippen molar-refractivity contribution in [2.45, 2.75) is 6.42 Å². The summed E-state index contributed by atoms with van der Waals surface area (Å²) >= 11 is 0. The Hall–Kier alpha value is -3.71. The van der Waals surface area contributed by atoms with E-state index in [-0.39, 0.29) is 5.91 Å². The molecule has 1 aliphatic rings. The van der Waals surface area contributed by atoms with Crippen LogP contribution < -0.4 is 5.73 Å². The molecule has 0 unspecified atom stereocenters. The van der Waals surface area contributed by atoms with Crippen LogP contribution in [0.15, 0.2) is 54.6 Å². The van der Waals surface area contributed by atoms with E-state index < -0.39 is 5.91 Å². The van der Waals surface area contributed by atoms with Gasteiger partial charge in [-0.3, -0.25) is 9.59 Å². The van der Waals surface area contributed by atoms with Gasteiger partial charge in [0.2, 0.25) is 0 Å². The molecule has 0 atom stereocenters. The average molecular weight is 414 g/mol. The molecule has 4 aromatic rings. The molecular formula is C24H22N4O3. The van der Waals surface area contributed by atoms with Crippen molar-refractivity contribution in [3.63, 3.8) is 0 Å². The first-order valence-corrected chi connectivity index (χ1v) is 10.3. The predicted molar refractivity (Wildman–Crippen MR) is 119 cm³/mol. The molecule has 0 spiro atoms. The number of primary amides is 1. The van der Waals surface area contributed by atoms with Gasteiger partial charge in [0.25, 0.3) is 11.8 Å². The van der Waals surface area contributed by atoms with Gasteiger partial charge in [0.15, 0.2) is 0 Å². The zero-order chi connectivity index (χ0) is 21.4. The van der Waals surface area contributed by atoms with Gasteiger partial charge in [-0.25, -0.2) is 4.98 Å². The molecule has 1 aliphatic heterocycles. The van der Waals surface area contributed by atoms with E-state index in [0.717, 1.165) is 22.9 Å². The van der Waals surface area contributed by atoms with Gasteiger partial charge >= 0.3 is 0 Å². The SMILES string of the molecule is NC(=O)c1cc(-c2ccccc2)nc2c1[nH]c1cc(C(=O)N3CCCOCC3)ccc12. The number of rotatable bonds is 3. The molecule has 0 radical (unpaired) electrons. The van der Waals surface area contributed by atoms with Crippen molar-refractivity contribution in [1.29, 1.82) is 0 Å². The molecule has 1 fully saturated rings. The van der Waals surface area contributed by atoms with Gasteiger partial charge in [0, 0.05) is 41.7 Å². The first kappa shape index (κ1) is 19.3. The third-order valence-electron chi connectivity index (χ3n) is 5.65. The lowest BCUT2D eigenvalue weighted by Gasteiger charge is -2.19. The molecule has 7 nitrogen and oxygen atoms in total. The zero-order valence-corrected chi connectivity index (χ0v) is 16.9. The molecule has 0 saturated carbocycles. The van der Waals surface area contributed by atoms with Crippen molar-refractivity contribution in [2.24, 2.45) is 5.73 Å². The number of aromatic nitrogens is 2. The van der Waals surface area contributed by atoms with Gasteiger partial charge in [-0.1, -0.05) is 30.3 Å². The van der Waals surface area contributed by atoms with Crippen molar-refractivity contribution in [3.8, 4) is 11.3 Å². The molecular weight excluding hydrogens is 392 g/mol. The number of fused-ring (bicyclic) bond motifs is 3. The fourth-order valence-corrected chi connectivity index (χ4v) is 4.07. The van der Waals surface area contributed by atoms with Crippen molar-refractivity contribution < 1.29 is 14.3 Å². The van der Waals surface area contributed by atoms with Crippen LogP contribution in [0, 0.1) is 0 Å². The Kier molecular flexibility index (Phi) is 4.88. The molecule has 2 aromatic heterocycles. The topological polar surface area (TPSA) is 101 Å². The number of carbonyl (C=O) groups is 2. The summed E-state index contributed by atoms with van der Waals surface area (Å²) in [5.74, 6) is -0.559. The van der Waals surface area contributed by atoms with E-state index in [1.54, 1.807) is 6.07 Å². The normalized spacial score (nSPS) is 14.6. The second kappa shape index (κ2) is 7.85. The number of nitrogens with one attached hydrogen (secondary N) is 1. The maximum absolute atomic E-state index is 13.0. The van der Waals surface area contributed by atoms with Gasteiger partial charge in [-0.2, -0.15) is 0 Å². The molecule has 1 saturated heterocycles. The number of carbonyl (C=O) groups excluding carboxylic acids is 2. The van der Waals surface area contributed by atoms with Gasteiger partial charge in [-0.05, 0) is 30.7 Å². The Labute approximate surface area is 178 Å². The average Bonchev–Trinajstić information content (AvgIpc) is 2.96. The number of hydrogen-bond acceptors (Lipinski definition) is 4. The van der Waals surface area contributed by atoms with Gasteiger partial charge in [0.05, 0.1) is 28.9 Å². The van der Waals surface area contributed by atoms with Gasteiger partial charge in [0.1, 0.15) is 0 Å². The Bertz CT molecular complexity index is 1290. The van der Waals surface area contributed by atoms with E-state index in [2.05, 4.69) is 4.98 Å². The van der Waals surface area contributed by atoms with Crippen molar-refractivity contribution in [3.05, 3.63) is 65.7 Å². The van der Waals surface area contributed by atoms with Crippen LogP contribution >= 0.6 is 0 Å². The van der Waals surface area contributed by atoms with Gasteiger partial charge in [-0.15, -0.1) is 0 Å². The molecule has 0 bridgehead atoms. The third kappa shape index (κ3) is 3.53. The predicted octanol–water partition coefficient (Wildman–Crippen LogP) is 3.34. The highest BCUT2D eigenvalue weighted by Crippen LogP contribution is 2.30. The maximum Gasteiger partial charge on any atom is 0.254 e. The molecule has 2 aromatic carbocycles. The third-order valence-corrected chi connectivity index (χ3v) is 5.65. The van der Waals surface area contributed by atoms with E-state index in [4.69, 9.17) is 15.5 Å². The van der Waals surface area contributed by atoms with Crippen molar-refractivity contribution in [1.82, 2.24) is 14.9 Å². The minimum absolute atomic E-state index is 0.0286. The zero-order valence-electron chi connectivity index (χ0n) is 16.9. The summed E-state index contributed by atoms with van der Waals surface area (Å²) in [6.45, 7) is 2.49. The number of ether oxygens (including phenoxy) is 1. The van der Waals surface area contributed by atoms with E-state index >= 15 is 0 Å². The van der Waals surface area contributed by atoms with E-state index in [1.807, 2.05) is 53.4 Å². The minimum Gasteiger partial charge on any atom is -0.380 e. The second-order valence-corrected chi connectivity index (χ2v) is 7.65. The molecule has 3 heterocycles. The van der Waals surface area contributed by atoms with Crippen LogP contribution in [0.4, 0.5) is 0 Å². The lowest BCUT2D eigenvalue weighted by atomic mass is 10.1. The van der Waals surface area contributed by atoms with Crippen molar-refractivity contribution >= 4 is 33.8 Å². The largest absolute Gasteiger partial charge is 0.380 e. The summed E-state index contributed by atoms with van der Waals surface area (Å²) in [6.07, 6.45) is 0.828. The Morgan fingerprint density at radius 3 is 2.68 bits per heavy atom. The summed E-state index contributed by atoms with van der Waals surface area (Å²) in [7, 11) is 0. The number of hydrogen-bond donors (Lipinski definition) is 2. The second-order valence-electron chi connectivity index (χ2n) is 7.65. The minimum atomic E-state index is -0.531. The quantitative estimate of drug-likeness (QED) is 0.537. The lowest BCUT2D eigenvalue weighted by Crippen LogP contribution is -2.33. The number of nitrogens with zero attached hydrogens (tertiary/aromatic N) is 2. The van der Waals surface area contributed by atoms with Crippen molar-refractivity contribution in [2.75, 3.05) is 26.3 Å². The summed E-state index contributed by atoms with van der Waals surface area (Å²) < 4.78 is 5.45. The first-order chi connectivity index (χ1) is 15.1. The smallest absolute Gasteiger partial charge is 0.254 e. The van der Waals surface area contributed by atoms with Crippen LogP contribution in [-0.2, 0) is 4.74 Å². The van der Waals surface area contributed by atoms with E-state index in [1.165, 1.54) is 0 Å². The number of nitrogens with two attached hydrogens (primary N) is 1. The number of pyridine rings is 1. The summed E-state index contributed by atoms with van der Waals surface area (Å²) in [6, 6.07) is 16.9. The fourth-order valence-electron chi connectivity index (χ4n) is 4.07. The summed E-state index contributed by atoms with van der Waals surface area (Å²) in [5.41, 5.74) is 10.2. The number of benzene rings is 2. The van der Waals surface area contributed by atoms with E-state index in [0.29, 0.717) is 54.2 Å². The molecule has 2 amide bonds. The molecule has 5 rings (SSSR count). The number of H-pyrrole nitrogens is 1. The number of aromatic amines is 1. The Morgan fingerprint density at radius 2 is 1.87 bits per heavy atom. The fraction of sp³-hybridized carbons (Fsp3) is 0.208. The summed E-state index contributed by atoms with van der Waals surface area (Å²) in [4.78, 5) is 35.1. The lowest BCUT2D eigenvalue weighted by molar-refractivity contribution is 0.0741. The summed E-state index contributed by atoms with van der Waals surface area (Å²) in [5, 5.41) is 0.839. The molecule has 3 N–H and O–H groups in total. The standard InChI is InChI=1S/C24H22N4O3/c25-23(29)18-14-19(15-5-2-1-3-6-15)26-21-17-8-7-16(13-20(17)27-22(18)21)24(30)28-9-4-11-31-12-10-28/h1-3,5-8,13-14,27H,4,9-12H2,(H2,25,29). The first-order valence-electron chi connectivity index (χ1n) is 10.3. The Morgan fingerprint density at radius 1 is 1.03 bits per heavy atom. The van der Waals surface area contributed by atoms with Crippen LogP contribution in [0.3, 0.4) is 0 Å². The van der Waals surface area contributed by atoms with Crippen LogP contribution in [0.25, 0.3) is 33.2 Å².